The number of likely N-dealkylation sites (tertiary alicyclic amines) is 4. The molecule has 7 heterocycles. The van der Waals surface area contributed by atoms with E-state index in [0.717, 1.165) is 191 Å². The number of carbonyl (C=O) groups is 3. The van der Waals surface area contributed by atoms with Crippen molar-refractivity contribution >= 4 is 104 Å². The maximum Gasteiger partial charge on any atom is 0.250 e. The fourth-order valence-corrected chi connectivity index (χ4v) is 19.0. The molecular formula is C87H93Cl6N11O3. The van der Waals surface area contributed by atoms with E-state index in [4.69, 9.17) is 69.6 Å². The van der Waals surface area contributed by atoms with Gasteiger partial charge in [0, 0.05) is 113 Å². The molecule has 3 spiro atoms. The number of benzene rings is 9. The third-order valence-electron chi connectivity index (χ3n) is 23.3. The van der Waals surface area contributed by atoms with Gasteiger partial charge in [-0.05, 0) is 178 Å². The summed E-state index contributed by atoms with van der Waals surface area (Å²) in [7, 11) is 1.92. The zero-order chi connectivity index (χ0) is 74.1. The van der Waals surface area contributed by atoms with Gasteiger partial charge in [-0.2, -0.15) is 0 Å². The number of hydrogen-bond acceptors (Lipinski definition) is 11. The molecule has 16 rings (SSSR count). The largest absolute Gasteiger partial charge is 0.339 e. The first kappa shape index (κ1) is 76.1. The number of nitrogens with one attached hydrogen (secondary N) is 2. The van der Waals surface area contributed by atoms with E-state index in [-0.39, 0.29) is 35.8 Å². The van der Waals surface area contributed by atoms with Gasteiger partial charge in [0.2, 0.25) is 17.7 Å². The molecule has 7 fully saturated rings. The number of nitrogens with zero attached hydrogens (tertiary/aromatic N) is 9. The Morgan fingerprint density at radius 2 is 0.626 bits per heavy atom. The third kappa shape index (κ3) is 15.9. The molecule has 2 N–H and O–H groups in total. The third-order valence-corrected chi connectivity index (χ3v) is 25.3. The van der Waals surface area contributed by atoms with Crippen LogP contribution >= 0.6 is 69.6 Å². The predicted molar refractivity (Wildman–Crippen MR) is 437 cm³/mol. The van der Waals surface area contributed by atoms with E-state index in [1.807, 2.05) is 164 Å². The highest BCUT2D eigenvalue weighted by atomic mass is 35.5. The molecule has 0 atom stereocenters. The Bertz CT molecular complexity index is 4360. The summed E-state index contributed by atoms with van der Waals surface area (Å²) in [6.07, 6.45) is 6.99. The number of anilines is 3. The second-order valence-electron chi connectivity index (χ2n) is 29.1. The number of likely N-dealkylation sites (N-methyl/N-ethyl adjacent to an activating group) is 1. The number of halogens is 6. The lowest BCUT2D eigenvalue weighted by Crippen LogP contribution is -2.57. The molecule has 0 unspecified atom stereocenters. The van der Waals surface area contributed by atoms with Crippen molar-refractivity contribution in [3.63, 3.8) is 0 Å². The number of amides is 3. The molecule has 14 nitrogen and oxygen atoms in total. The molecule has 107 heavy (non-hydrogen) atoms. The first-order valence-corrected chi connectivity index (χ1v) is 39.9. The van der Waals surface area contributed by atoms with Crippen LogP contribution in [0.3, 0.4) is 0 Å². The quantitative estimate of drug-likeness (QED) is 0.0858. The number of piperidine rings is 3. The summed E-state index contributed by atoms with van der Waals surface area (Å²) < 4.78 is 0. The van der Waals surface area contributed by atoms with Crippen LogP contribution in [0.25, 0.3) is 0 Å². The molecule has 556 valence electrons. The molecule has 7 saturated heterocycles. The van der Waals surface area contributed by atoms with Crippen LogP contribution in [0.5, 0.6) is 0 Å². The van der Waals surface area contributed by atoms with Crippen molar-refractivity contribution < 1.29 is 14.4 Å². The van der Waals surface area contributed by atoms with E-state index >= 15 is 0 Å². The summed E-state index contributed by atoms with van der Waals surface area (Å²) in [5.74, 6) is 0.624. The van der Waals surface area contributed by atoms with Crippen molar-refractivity contribution in [3.8, 4) is 0 Å². The molecule has 7 aliphatic heterocycles. The standard InChI is InChI=1S/C32H36Cl2N4O.C29H32Cl2N4O.C26H25Cl2N3O/c33-28-14-6-4-12-26(28)30(27-13-5-7-15-29(27)34)36-20-16-32(17-21-36)31(39)37(23-22-35-18-8-9-19-35)24-38(32)25-10-2-1-3-11-25;1-32-17-20-34-21-35(22-9-3-2-4-10-22)29(28(34)36)15-18-33(19-16-29)27(23-11-5-7-13-25(23)30)24-12-6-8-14-26(24)31;27-22-12-6-4-10-20(22)24(21-11-5-7-13-23(21)28)30-16-14-26(15-17-30)25(32)29-18-31(26)19-8-2-1-3-9-19/h1-7,10-15,30H,8-9,16-24H2;2-14,27,32H,15-21H2,1H3;1-13,24H,14-18H2,(H,29,32). The van der Waals surface area contributed by atoms with Crippen molar-refractivity contribution in [2.45, 2.75) is 86.1 Å². The minimum Gasteiger partial charge on any atom is -0.339 e. The Kier molecular flexibility index (Phi) is 24.5. The topological polar surface area (TPSA) is 104 Å². The lowest BCUT2D eigenvalue weighted by Gasteiger charge is -2.46. The summed E-state index contributed by atoms with van der Waals surface area (Å²) in [6, 6.07) is 78.7. The molecule has 0 saturated carbocycles. The van der Waals surface area contributed by atoms with Gasteiger partial charge in [-0.25, -0.2) is 0 Å². The summed E-state index contributed by atoms with van der Waals surface area (Å²) >= 11 is 40.2. The van der Waals surface area contributed by atoms with Crippen molar-refractivity contribution in [3.05, 3.63) is 300 Å². The second kappa shape index (κ2) is 34.5. The van der Waals surface area contributed by atoms with Gasteiger partial charge in [-0.15, -0.1) is 0 Å². The van der Waals surface area contributed by atoms with Crippen LogP contribution in [0.1, 0.15) is 103 Å². The highest BCUT2D eigenvalue weighted by Gasteiger charge is 2.57. The molecule has 20 heteroatoms. The number of rotatable bonds is 18. The van der Waals surface area contributed by atoms with E-state index in [2.05, 4.69) is 135 Å². The van der Waals surface area contributed by atoms with Crippen LogP contribution in [0.4, 0.5) is 17.1 Å². The van der Waals surface area contributed by atoms with Gasteiger partial charge in [-0.1, -0.05) is 233 Å². The minimum atomic E-state index is -0.545. The predicted octanol–water partition coefficient (Wildman–Crippen LogP) is 17.3. The monoisotopic (exact) mass is 1550 g/mol. The molecule has 9 aromatic carbocycles. The van der Waals surface area contributed by atoms with Crippen LogP contribution in [-0.2, 0) is 14.4 Å². The summed E-state index contributed by atoms with van der Waals surface area (Å²) in [6.45, 7) is 11.9. The maximum absolute atomic E-state index is 14.2. The van der Waals surface area contributed by atoms with Gasteiger partial charge in [0.05, 0.1) is 38.1 Å². The molecule has 0 aliphatic carbocycles. The summed E-state index contributed by atoms with van der Waals surface area (Å²) in [4.78, 5) is 61.9. The Morgan fingerprint density at radius 3 is 0.935 bits per heavy atom. The normalized spacial score (nSPS) is 18.8. The van der Waals surface area contributed by atoms with Crippen molar-refractivity contribution in [1.29, 1.82) is 0 Å². The highest BCUT2D eigenvalue weighted by molar-refractivity contribution is 6.33. The maximum atomic E-state index is 14.2. The van der Waals surface area contributed by atoms with E-state index in [9.17, 15) is 14.4 Å². The Balaban J connectivity index is 0.000000135. The lowest BCUT2D eigenvalue weighted by molar-refractivity contribution is -0.134. The van der Waals surface area contributed by atoms with E-state index in [1.54, 1.807) is 0 Å². The minimum absolute atomic E-state index is 0.0654. The molecule has 0 aromatic heterocycles. The summed E-state index contributed by atoms with van der Waals surface area (Å²) in [5.41, 5.74) is 7.94. The zero-order valence-corrected chi connectivity index (χ0v) is 65.1. The highest BCUT2D eigenvalue weighted by Crippen LogP contribution is 2.48. The smallest absolute Gasteiger partial charge is 0.250 e. The SMILES string of the molecule is CNCCN1CN(c2ccccc2)C2(CCN(C(c3ccccc3Cl)c3ccccc3Cl)CC2)C1=O.O=C1N(CCN2CCCC2)CN(c2ccccc2)C12CCN(C(c1ccccc1Cl)c1ccccc1Cl)CC2.O=C1NCN(c2ccccc2)C12CCN(C(c1ccccc1Cl)c1ccccc1Cl)CC2. The molecule has 0 bridgehead atoms. The fraction of sp³-hybridized carbons (Fsp3) is 0.345. The van der Waals surface area contributed by atoms with Gasteiger partial charge in [0.25, 0.3) is 0 Å². The van der Waals surface area contributed by atoms with Gasteiger partial charge in [0.1, 0.15) is 16.6 Å². The van der Waals surface area contributed by atoms with Gasteiger partial charge in [-0.3, -0.25) is 29.1 Å². The lowest BCUT2D eigenvalue weighted by atomic mass is 9.83. The Hall–Kier alpha value is -7.67. The van der Waals surface area contributed by atoms with Crippen LogP contribution in [0, 0.1) is 0 Å². The first-order chi connectivity index (χ1) is 52.2. The van der Waals surface area contributed by atoms with Crippen LogP contribution in [0.2, 0.25) is 30.1 Å². The zero-order valence-electron chi connectivity index (χ0n) is 60.5. The number of hydrogen-bond donors (Lipinski definition) is 2. The van der Waals surface area contributed by atoms with Crippen molar-refractivity contribution in [2.75, 3.05) is 120 Å². The van der Waals surface area contributed by atoms with E-state index < -0.39 is 16.6 Å². The Labute approximate surface area is 660 Å². The average molecular weight is 1550 g/mol. The van der Waals surface area contributed by atoms with Crippen LogP contribution in [0.15, 0.2) is 237 Å². The van der Waals surface area contributed by atoms with Gasteiger partial charge < -0.3 is 40.0 Å². The molecule has 3 amide bonds. The van der Waals surface area contributed by atoms with Crippen molar-refractivity contribution in [2.24, 2.45) is 0 Å². The Morgan fingerprint density at radius 1 is 0.346 bits per heavy atom. The van der Waals surface area contributed by atoms with Crippen LogP contribution in [-0.4, -0.2) is 169 Å². The molecule has 9 aromatic rings. The second-order valence-corrected chi connectivity index (χ2v) is 31.5. The molecule has 0 radical (unpaired) electrons. The van der Waals surface area contributed by atoms with Gasteiger partial charge >= 0.3 is 0 Å². The summed E-state index contributed by atoms with van der Waals surface area (Å²) in [5, 5.41) is 10.6. The average Bonchev–Trinajstić information content (AvgIpc) is 1.62. The number of carbonyl (C=O) groups excluding carboxylic acids is 3. The van der Waals surface area contributed by atoms with Gasteiger partial charge in [0.15, 0.2) is 0 Å². The first-order valence-electron chi connectivity index (χ1n) is 37.6. The molecular weight excluding hydrogens is 1460 g/mol. The number of para-hydroxylation sites is 3. The van der Waals surface area contributed by atoms with Crippen molar-refractivity contribution in [1.82, 2.24) is 40.0 Å². The van der Waals surface area contributed by atoms with Crippen LogP contribution < -0.4 is 25.3 Å². The van der Waals surface area contributed by atoms with E-state index in [1.165, 1.54) is 12.8 Å². The molecule has 7 aliphatic rings. The van der Waals surface area contributed by atoms with E-state index in [0.29, 0.717) is 26.6 Å². The fourth-order valence-electron chi connectivity index (χ4n) is 17.6.